The Morgan fingerprint density at radius 1 is 0.892 bits per heavy atom. The molecule has 0 spiro atoms. The van der Waals surface area contributed by atoms with Crippen molar-refractivity contribution in [2.24, 2.45) is 0 Å². The highest BCUT2D eigenvalue weighted by atomic mass is 35.5. The molecule has 0 saturated heterocycles. The maximum atomic E-state index is 13.2. The molecule has 192 valence electrons. The van der Waals surface area contributed by atoms with Crippen LogP contribution in [-0.4, -0.2) is 33.2 Å². The van der Waals surface area contributed by atoms with Crippen LogP contribution in [0.25, 0.3) is 10.9 Å². The lowest BCUT2D eigenvalue weighted by molar-refractivity contribution is -0.117. The van der Waals surface area contributed by atoms with Crippen LogP contribution in [0.15, 0.2) is 88.8 Å². The second-order valence-corrected chi connectivity index (χ2v) is 12.3. The van der Waals surface area contributed by atoms with E-state index in [1.807, 2.05) is 4.72 Å². The molecular weight excluding hydrogens is 538 g/mol. The van der Waals surface area contributed by atoms with Crippen LogP contribution in [0.1, 0.15) is 12.5 Å². The van der Waals surface area contributed by atoms with Crippen molar-refractivity contribution in [3.8, 4) is 0 Å². The fraction of sp³-hybridized carbons (Fsp3) is 0.120. The number of rotatable bonds is 8. The van der Waals surface area contributed by atoms with Crippen molar-refractivity contribution in [1.82, 2.24) is 9.29 Å². The Labute approximate surface area is 219 Å². The van der Waals surface area contributed by atoms with E-state index in [1.54, 1.807) is 53.1 Å². The standard InChI is InChI=1S/C25H22ClN3O6S2/c1-17(30)28-37(34,35)21-12-10-20(11-13-21)27-25(31)15-29-14-24(22-4-2-3-5-23(22)29)36(32,33)16-18-6-8-19(26)9-7-18/h2-14H,15-16H2,1H3,(H,27,31)(H,28,30). The Balaban J connectivity index is 1.55. The van der Waals surface area contributed by atoms with Gasteiger partial charge in [-0.2, -0.15) is 0 Å². The first-order chi connectivity index (χ1) is 17.4. The van der Waals surface area contributed by atoms with Crippen LogP contribution in [0.4, 0.5) is 5.69 Å². The van der Waals surface area contributed by atoms with Crippen molar-refractivity contribution < 1.29 is 26.4 Å². The Bertz CT molecular complexity index is 1700. The van der Waals surface area contributed by atoms with Gasteiger partial charge in [0.1, 0.15) is 6.54 Å². The number of halogens is 1. The van der Waals surface area contributed by atoms with Gasteiger partial charge in [-0.3, -0.25) is 9.59 Å². The number of para-hydroxylation sites is 1. The second kappa shape index (κ2) is 10.4. The van der Waals surface area contributed by atoms with Gasteiger partial charge in [0.15, 0.2) is 9.84 Å². The molecule has 3 aromatic carbocycles. The average molecular weight is 560 g/mol. The molecule has 37 heavy (non-hydrogen) atoms. The fourth-order valence-corrected chi connectivity index (χ4v) is 6.49. The van der Waals surface area contributed by atoms with Crippen molar-refractivity contribution >= 4 is 59.9 Å². The van der Waals surface area contributed by atoms with Crippen LogP contribution >= 0.6 is 11.6 Å². The SMILES string of the molecule is CC(=O)NS(=O)(=O)c1ccc(NC(=O)Cn2cc(S(=O)(=O)Cc3ccc(Cl)cc3)c3ccccc32)cc1. The number of sulfone groups is 1. The first kappa shape index (κ1) is 26.4. The zero-order valence-electron chi connectivity index (χ0n) is 19.5. The number of benzene rings is 3. The number of hydrogen-bond donors (Lipinski definition) is 2. The highest BCUT2D eigenvalue weighted by molar-refractivity contribution is 7.91. The topological polar surface area (TPSA) is 131 Å². The van der Waals surface area contributed by atoms with E-state index in [9.17, 15) is 26.4 Å². The third-order valence-corrected chi connectivity index (χ3v) is 8.81. The highest BCUT2D eigenvalue weighted by Crippen LogP contribution is 2.28. The van der Waals surface area contributed by atoms with Gasteiger partial charge in [-0.05, 0) is 48.0 Å². The lowest BCUT2D eigenvalue weighted by Crippen LogP contribution is -2.28. The predicted molar refractivity (Wildman–Crippen MR) is 140 cm³/mol. The lowest BCUT2D eigenvalue weighted by Gasteiger charge is -2.09. The van der Waals surface area contributed by atoms with Crippen molar-refractivity contribution in [2.45, 2.75) is 29.0 Å². The van der Waals surface area contributed by atoms with Crippen molar-refractivity contribution in [2.75, 3.05) is 5.32 Å². The quantitative estimate of drug-likeness (QED) is 0.338. The molecule has 9 nitrogen and oxygen atoms in total. The van der Waals surface area contributed by atoms with Gasteiger partial charge in [-0.15, -0.1) is 0 Å². The van der Waals surface area contributed by atoms with Crippen LogP contribution in [0.2, 0.25) is 5.02 Å². The van der Waals surface area contributed by atoms with Gasteiger partial charge in [0, 0.05) is 34.7 Å². The molecule has 0 fully saturated rings. The van der Waals surface area contributed by atoms with E-state index in [4.69, 9.17) is 11.6 Å². The smallest absolute Gasteiger partial charge is 0.264 e. The van der Waals surface area contributed by atoms with E-state index in [1.165, 1.54) is 30.5 Å². The van der Waals surface area contributed by atoms with E-state index < -0.39 is 31.7 Å². The summed E-state index contributed by atoms with van der Waals surface area (Å²) in [4.78, 5) is 23.8. The number of carbonyl (C=O) groups is 2. The van der Waals surface area contributed by atoms with Gasteiger partial charge in [-0.1, -0.05) is 41.9 Å². The summed E-state index contributed by atoms with van der Waals surface area (Å²) in [6.45, 7) is 0.911. The van der Waals surface area contributed by atoms with E-state index in [0.717, 1.165) is 6.92 Å². The van der Waals surface area contributed by atoms with Gasteiger partial charge >= 0.3 is 0 Å². The first-order valence-corrected chi connectivity index (χ1v) is 14.4. The van der Waals surface area contributed by atoms with Crippen LogP contribution in [0.5, 0.6) is 0 Å². The summed E-state index contributed by atoms with van der Waals surface area (Å²) in [7, 11) is -7.73. The number of amides is 2. The largest absolute Gasteiger partial charge is 0.337 e. The van der Waals surface area contributed by atoms with Gasteiger partial charge in [-0.25, -0.2) is 21.6 Å². The Kier molecular flexibility index (Phi) is 7.39. The molecule has 1 heterocycles. The van der Waals surface area contributed by atoms with Gasteiger partial charge < -0.3 is 9.88 Å². The molecule has 0 aliphatic carbocycles. The molecular formula is C25H22ClN3O6S2. The van der Waals surface area contributed by atoms with E-state index >= 15 is 0 Å². The third-order valence-electron chi connectivity index (χ3n) is 5.40. The molecule has 2 N–H and O–H groups in total. The number of nitrogens with one attached hydrogen (secondary N) is 2. The number of anilines is 1. The molecule has 12 heteroatoms. The summed E-state index contributed by atoms with van der Waals surface area (Å²) >= 11 is 5.90. The van der Waals surface area contributed by atoms with Gasteiger partial charge in [0.2, 0.25) is 11.8 Å². The summed E-state index contributed by atoms with van der Waals surface area (Å²) in [6.07, 6.45) is 1.44. The minimum Gasteiger partial charge on any atom is -0.337 e. The number of nitrogens with zero attached hydrogens (tertiary/aromatic N) is 1. The molecule has 0 atom stereocenters. The summed E-state index contributed by atoms with van der Waals surface area (Å²) in [5.74, 6) is -1.39. The molecule has 0 aliphatic heterocycles. The fourth-order valence-electron chi connectivity index (χ4n) is 3.79. The number of sulfonamides is 1. The second-order valence-electron chi connectivity index (χ2n) is 8.26. The van der Waals surface area contributed by atoms with E-state index in [2.05, 4.69) is 5.32 Å². The molecule has 1 aromatic heterocycles. The monoisotopic (exact) mass is 559 g/mol. The van der Waals surface area contributed by atoms with Crippen LogP contribution < -0.4 is 10.0 Å². The average Bonchev–Trinajstić information content (AvgIpc) is 3.19. The van der Waals surface area contributed by atoms with E-state index in [-0.39, 0.29) is 22.1 Å². The van der Waals surface area contributed by atoms with Crippen LogP contribution in [0, 0.1) is 0 Å². The highest BCUT2D eigenvalue weighted by Gasteiger charge is 2.22. The first-order valence-electron chi connectivity index (χ1n) is 10.9. The molecule has 0 saturated carbocycles. The number of carbonyl (C=O) groups excluding carboxylic acids is 2. The maximum absolute atomic E-state index is 13.2. The minimum absolute atomic E-state index is 0.110. The molecule has 2 amide bonds. The zero-order chi connectivity index (χ0) is 26.8. The minimum atomic E-state index is -3.99. The normalized spacial score (nSPS) is 11.8. The van der Waals surface area contributed by atoms with Crippen molar-refractivity contribution in [3.63, 3.8) is 0 Å². The van der Waals surface area contributed by atoms with Gasteiger partial charge in [0.05, 0.1) is 15.5 Å². The third kappa shape index (κ3) is 6.19. The number of aromatic nitrogens is 1. The molecule has 0 unspecified atom stereocenters. The lowest BCUT2D eigenvalue weighted by atomic mass is 10.2. The maximum Gasteiger partial charge on any atom is 0.264 e. The molecule has 0 aliphatic rings. The zero-order valence-corrected chi connectivity index (χ0v) is 21.9. The van der Waals surface area contributed by atoms with Crippen molar-refractivity contribution in [1.29, 1.82) is 0 Å². The molecule has 0 radical (unpaired) electrons. The Morgan fingerprint density at radius 2 is 1.54 bits per heavy atom. The molecule has 4 aromatic rings. The Hall–Kier alpha value is -3.67. The summed E-state index contributed by atoms with van der Waals surface area (Å²) in [5, 5.41) is 3.67. The van der Waals surface area contributed by atoms with Crippen LogP contribution in [-0.2, 0) is 41.7 Å². The van der Waals surface area contributed by atoms with E-state index in [0.29, 0.717) is 27.2 Å². The predicted octanol–water partition coefficient (Wildman–Crippen LogP) is 3.73. The number of hydrogen-bond acceptors (Lipinski definition) is 6. The van der Waals surface area contributed by atoms with Crippen molar-refractivity contribution in [3.05, 3.63) is 89.6 Å². The molecule has 0 bridgehead atoms. The summed E-state index contributed by atoms with van der Waals surface area (Å²) in [6, 6.07) is 18.7. The summed E-state index contributed by atoms with van der Waals surface area (Å²) in [5.41, 5.74) is 1.49. The van der Waals surface area contributed by atoms with Gasteiger partial charge in [0.25, 0.3) is 10.0 Å². The summed E-state index contributed by atoms with van der Waals surface area (Å²) < 4.78 is 54.1. The van der Waals surface area contributed by atoms with Crippen LogP contribution in [0.3, 0.4) is 0 Å². The Morgan fingerprint density at radius 3 is 2.19 bits per heavy atom. The molecule has 4 rings (SSSR count). The number of fused-ring (bicyclic) bond motifs is 1.